The number of amides is 2. The summed E-state index contributed by atoms with van der Waals surface area (Å²) in [4.78, 5) is 31.5. The first-order chi connectivity index (χ1) is 17.3. The largest absolute Gasteiger partial charge is 0.330 e. The molecule has 0 bridgehead atoms. The van der Waals surface area contributed by atoms with Crippen molar-refractivity contribution in [1.82, 2.24) is 9.80 Å². The number of carbonyl (C=O) groups excluding carboxylic acids is 2. The zero-order chi connectivity index (χ0) is 25.7. The van der Waals surface area contributed by atoms with Crippen molar-refractivity contribution < 1.29 is 9.59 Å². The van der Waals surface area contributed by atoms with Crippen LogP contribution in [0.4, 0.5) is 0 Å². The summed E-state index contributed by atoms with van der Waals surface area (Å²) >= 11 is 1.75. The smallest absolute Gasteiger partial charge is 0.247 e. The molecule has 186 valence electrons. The number of nitrogens with zero attached hydrogens (tertiary/aromatic N) is 2. The van der Waals surface area contributed by atoms with Gasteiger partial charge in [0.15, 0.2) is 0 Å². The number of benzene rings is 2. The van der Waals surface area contributed by atoms with Crippen LogP contribution in [0.3, 0.4) is 0 Å². The van der Waals surface area contributed by atoms with Crippen molar-refractivity contribution in [3.63, 3.8) is 0 Å². The SMILES string of the molecule is C=CCN(CC(=O)N1CCc2sccc2C1c1ccc(C(C)(C)C)cc1)C(=O)/C=C/c1ccccc1. The average Bonchev–Trinajstić information content (AvgIpc) is 3.35. The summed E-state index contributed by atoms with van der Waals surface area (Å²) in [5.74, 6) is -0.258. The minimum absolute atomic E-state index is 0.0139. The van der Waals surface area contributed by atoms with E-state index in [1.165, 1.54) is 22.1 Å². The molecule has 0 spiro atoms. The fraction of sp³-hybridized carbons (Fsp3) is 0.290. The standard InChI is InChI=1S/C31H34N2O2S/c1-5-19-32(28(34)16-11-23-9-7-6-8-10-23)22-29(35)33-20-17-27-26(18-21-36-27)30(33)24-12-14-25(15-13-24)31(2,3)4/h5-16,18,21,30H,1,17,19-20,22H2,2-4H3/b16-11+. The molecule has 2 heterocycles. The lowest BCUT2D eigenvalue weighted by atomic mass is 9.85. The highest BCUT2D eigenvalue weighted by atomic mass is 32.1. The Balaban J connectivity index is 1.57. The quantitative estimate of drug-likeness (QED) is 0.285. The van der Waals surface area contributed by atoms with E-state index in [1.807, 2.05) is 35.2 Å². The van der Waals surface area contributed by atoms with Gasteiger partial charge in [0.05, 0.1) is 6.04 Å². The molecule has 4 rings (SSSR count). The van der Waals surface area contributed by atoms with Crippen LogP contribution >= 0.6 is 11.3 Å². The van der Waals surface area contributed by atoms with Crippen molar-refractivity contribution in [3.8, 4) is 0 Å². The third-order valence-electron chi connectivity index (χ3n) is 6.58. The van der Waals surface area contributed by atoms with Crippen molar-refractivity contribution in [1.29, 1.82) is 0 Å². The van der Waals surface area contributed by atoms with Gasteiger partial charge in [0, 0.05) is 24.0 Å². The van der Waals surface area contributed by atoms with Crippen LogP contribution in [0.25, 0.3) is 6.08 Å². The number of hydrogen-bond acceptors (Lipinski definition) is 3. The van der Waals surface area contributed by atoms with Crippen molar-refractivity contribution >= 4 is 29.2 Å². The van der Waals surface area contributed by atoms with Crippen molar-refractivity contribution in [2.75, 3.05) is 19.6 Å². The van der Waals surface area contributed by atoms with Crippen molar-refractivity contribution in [2.24, 2.45) is 0 Å². The second kappa shape index (κ2) is 11.1. The van der Waals surface area contributed by atoms with E-state index < -0.39 is 0 Å². The summed E-state index contributed by atoms with van der Waals surface area (Å²) < 4.78 is 0. The molecule has 1 atom stereocenters. The number of thiophene rings is 1. The third kappa shape index (κ3) is 5.85. The Kier molecular flexibility index (Phi) is 7.90. The molecule has 1 aromatic heterocycles. The summed E-state index contributed by atoms with van der Waals surface area (Å²) in [6.45, 7) is 11.4. The molecule has 0 aliphatic carbocycles. The first-order valence-corrected chi connectivity index (χ1v) is 13.2. The number of fused-ring (bicyclic) bond motifs is 1. The van der Waals surface area contributed by atoms with Crippen molar-refractivity contribution in [3.05, 3.63) is 112 Å². The van der Waals surface area contributed by atoms with E-state index in [2.05, 4.69) is 63.1 Å². The summed E-state index contributed by atoms with van der Waals surface area (Å²) in [6.07, 6.45) is 5.80. The molecule has 0 saturated carbocycles. The Hall–Kier alpha value is -3.44. The Labute approximate surface area is 218 Å². The van der Waals surface area contributed by atoms with Crippen molar-refractivity contribution in [2.45, 2.75) is 38.6 Å². The summed E-state index contributed by atoms with van der Waals surface area (Å²) in [7, 11) is 0. The monoisotopic (exact) mass is 498 g/mol. The predicted molar refractivity (Wildman–Crippen MR) is 149 cm³/mol. The molecule has 0 saturated heterocycles. The summed E-state index contributed by atoms with van der Waals surface area (Å²) in [6, 6.07) is 20.3. The molecule has 0 N–H and O–H groups in total. The first kappa shape index (κ1) is 25.6. The molecular weight excluding hydrogens is 464 g/mol. The zero-order valence-electron chi connectivity index (χ0n) is 21.3. The van der Waals surface area contributed by atoms with Crippen LogP contribution in [0.5, 0.6) is 0 Å². The fourth-order valence-corrected chi connectivity index (χ4v) is 5.49. The fourth-order valence-electron chi connectivity index (χ4n) is 4.59. The van der Waals surface area contributed by atoms with Gasteiger partial charge in [-0.05, 0) is 51.6 Å². The minimum atomic E-state index is -0.202. The van der Waals surface area contributed by atoms with Gasteiger partial charge in [-0.2, -0.15) is 0 Å². The van der Waals surface area contributed by atoms with E-state index in [0.29, 0.717) is 13.1 Å². The molecule has 0 radical (unpaired) electrons. The topological polar surface area (TPSA) is 40.6 Å². The van der Waals surface area contributed by atoms with E-state index >= 15 is 0 Å². The third-order valence-corrected chi connectivity index (χ3v) is 7.58. The van der Waals surface area contributed by atoms with Crippen LogP contribution in [0.2, 0.25) is 0 Å². The Morgan fingerprint density at radius 3 is 2.47 bits per heavy atom. The molecule has 1 aliphatic heterocycles. The molecule has 3 aromatic rings. The highest BCUT2D eigenvalue weighted by molar-refractivity contribution is 7.10. The lowest BCUT2D eigenvalue weighted by Crippen LogP contribution is -2.46. The van der Waals surface area contributed by atoms with Gasteiger partial charge in [0.2, 0.25) is 11.8 Å². The Morgan fingerprint density at radius 1 is 1.08 bits per heavy atom. The number of rotatable bonds is 7. The maximum Gasteiger partial charge on any atom is 0.247 e. The van der Waals surface area contributed by atoms with Gasteiger partial charge >= 0.3 is 0 Å². The Bertz CT molecular complexity index is 1240. The molecule has 0 fully saturated rings. The minimum Gasteiger partial charge on any atom is -0.330 e. The summed E-state index contributed by atoms with van der Waals surface area (Å²) in [5, 5.41) is 2.11. The molecule has 1 unspecified atom stereocenters. The van der Waals surface area contributed by atoms with E-state index in [1.54, 1.807) is 28.4 Å². The molecule has 1 aliphatic rings. The molecule has 2 aromatic carbocycles. The van der Waals surface area contributed by atoms with Crippen LogP contribution in [0.1, 0.15) is 53.9 Å². The van der Waals surface area contributed by atoms with Gasteiger partial charge < -0.3 is 9.80 Å². The molecule has 4 nitrogen and oxygen atoms in total. The van der Waals surface area contributed by atoms with Gasteiger partial charge in [-0.3, -0.25) is 9.59 Å². The Morgan fingerprint density at radius 2 is 1.81 bits per heavy atom. The van der Waals surface area contributed by atoms with Gasteiger partial charge in [0.1, 0.15) is 6.54 Å². The van der Waals surface area contributed by atoms with E-state index in [9.17, 15) is 9.59 Å². The van der Waals surface area contributed by atoms with Gasteiger partial charge in [0.25, 0.3) is 0 Å². The predicted octanol–water partition coefficient (Wildman–Crippen LogP) is 6.25. The van der Waals surface area contributed by atoms with Crippen LogP contribution < -0.4 is 0 Å². The lowest BCUT2D eigenvalue weighted by Gasteiger charge is -2.37. The van der Waals surface area contributed by atoms with Crippen LogP contribution in [-0.2, 0) is 21.4 Å². The summed E-state index contributed by atoms with van der Waals surface area (Å²) in [5.41, 5.74) is 4.55. The molecule has 2 amide bonds. The second-order valence-electron chi connectivity index (χ2n) is 10.2. The van der Waals surface area contributed by atoms with E-state index in [-0.39, 0.29) is 29.8 Å². The normalized spacial score (nSPS) is 15.5. The highest BCUT2D eigenvalue weighted by Crippen LogP contribution is 2.38. The molecule has 5 heteroatoms. The van der Waals surface area contributed by atoms with Crippen LogP contribution in [0.15, 0.2) is 84.8 Å². The molecule has 36 heavy (non-hydrogen) atoms. The van der Waals surface area contributed by atoms with Gasteiger partial charge in [-0.15, -0.1) is 17.9 Å². The molecular formula is C31H34N2O2S. The van der Waals surface area contributed by atoms with Gasteiger partial charge in [-0.25, -0.2) is 0 Å². The first-order valence-electron chi connectivity index (χ1n) is 12.4. The van der Waals surface area contributed by atoms with Gasteiger partial charge in [-0.1, -0.05) is 81.4 Å². The average molecular weight is 499 g/mol. The maximum absolute atomic E-state index is 13.7. The zero-order valence-corrected chi connectivity index (χ0v) is 22.1. The van der Waals surface area contributed by atoms with E-state index in [4.69, 9.17) is 0 Å². The van der Waals surface area contributed by atoms with Crippen LogP contribution in [0, 0.1) is 0 Å². The number of carbonyl (C=O) groups is 2. The lowest BCUT2D eigenvalue weighted by molar-refractivity contribution is -0.139. The second-order valence-corrected chi connectivity index (χ2v) is 11.2. The number of hydrogen-bond donors (Lipinski definition) is 0. The highest BCUT2D eigenvalue weighted by Gasteiger charge is 2.33. The van der Waals surface area contributed by atoms with E-state index in [0.717, 1.165) is 17.5 Å². The maximum atomic E-state index is 13.7. The van der Waals surface area contributed by atoms with Crippen LogP contribution in [-0.4, -0.2) is 41.2 Å².